The third-order valence-electron chi connectivity index (χ3n) is 5.59. The highest BCUT2D eigenvalue weighted by Crippen LogP contribution is 2.27. The lowest BCUT2D eigenvalue weighted by molar-refractivity contribution is 0.0697. The lowest BCUT2D eigenvalue weighted by Gasteiger charge is -2.12. The summed E-state index contributed by atoms with van der Waals surface area (Å²) in [6.07, 6.45) is 3.04. The monoisotopic (exact) mass is 491 g/mol. The Kier molecular flexibility index (Phi) is 8.03. The van der Waals surface area contributed by atoms with E-state index in [0.717, 1.165) is 52.1 Å². The molecule has 1 aromatic heterocycles. The minimum absolute atomic E-state index is 0.303. The summed E-state index contributed by atoms with van der Waals surface area (Å²) in [5.74, 6) is 0.849. The smallest absolute Gasteiger partial charge is 0.336 e. The molecule has 0 bridgehead atoms. The largest absolute Gasteiger partial charge is 0.478 e. The van der Waals surface area contributed by atoms with Gasteiger partial charge in [-0.25, -0.2) is 4.79 Å². The predicted octanol–water partition coefficient (Wildman–Crippen LogP) is 6.98. The second-order valence-corrected chi connectivity index (χ2v) is 9.43. The van der Waals surface area contributed by atoms with E-state index in [0.29, 0.717) is 17.7 Å². The molecule has 0 fully saturated rings. The van der Waals surface area contributed by atoms with E-state index in [1.807, 2.05) is 60.7 Å². The van der Waals surface area contributed by atoms with Gasteiger partial charge in [-0.05, 0) is 46.9 Å². The zero-order chi connectivity index (χ0) is 23.9. The minimum atomic E-state index is -0.924. The number of aromatic carboxylic acids is 1. The van der Waals surface area contributed by atoms with E-state index in [2.05, 4.69) is 21.7 Å². The van der Waals surface area contributed by atoms with Crippen molar-refractivity contribution >= 4 is 29.3 Å². The van der Waals surface area contributed by atoms with Crippen molar-refractivity contribution in [3.63, 3.8) is 0 Å². The normalized spacial score (nSPS) is 11.0. The molecule has 0 radical (unpaired) electrons. The Bertz CT molecular complexity index is 1250. The van der Waals surface area contributed by atoms with Crippen LogP contribution in [0.1, 0.15) is 47.1 Å². The van der Waals surface area contributed by atoms with Crippen molar-refractivity contribution in [3.8, 4) is 11.1 Å². The number of carboxylic acids is 1. The Morgan fingerprint density at radius 2 is 1.68 bits per heavy atom. The van der Waals surface area contributed by atoms with E-state index < -0.39 is 5.97 Å². The van der Waals surface area contributed by atoms with E-state index >= 15 is 0 Å². The van der Waals surface area contributed by atoms with Crippen LogP contribution in [0.3, 0.4) is 0 Å². The SMILES string of the molecule is CCCCc1nnc(SCc2ccc(Cl)cc2)n1Cc1ccc(-c2ccccc2C(=O)O)cc1. The second-order valence-electron chi connectivity index (χ2n) is 8.05. The maximum Gasteiger partial charge on any atom is 0.336 e. The molecule has 0 saturated carbocycles. The number of thioether (sulfide) groups is 1. The van der Waals surface area contributed by atoms with Gasteiger partial charge in [0.1, 0.15) is 5.82 Å². The quantitative estimate of drug-likeness (QED) is 0.242. The fourth-order valence-corrected chi connectivity index (χ4v) is 4.77. The van der Waals surface area contributed by atoms with Crippen molar-refractivity contribution in [2.75, 3.05) is 0 Å². The Hall–Kier alpha value is -3.09. The number of aryl methyl sites for hydroxylation is 1. The number of hydrogen-bond donors (Lipinski definition) is 1. The van der Waals surface area contributed by atoms with Crippen LogP contribution in [0.15, 0.2) is 78.0 Å². The molecule has 1 N–H and O–H groups in total. The van der Waals surface area contributed by atoms with Crippen LogP contribution in [0.5, 0.6) is 0 Å². The first-order valence-electron chi connectivity index (χ1n) is 11.3. The first-order valence-corrected chi connectivity index (χ1v) is 12.6. The lowest BCUT2D eigenvalue weighted by Crippen LogP contribution is -2.07. The fourth-order valence-electron chi connectivity index (χ4n) is 3.73. The number of hydrogen-bond acceptors (Lipinski definition) is 4. The summed E-state index contributed by atoms with van der Waals surface area (Å²) in [6, 6.07) is 23.0. The highest BCUT2D eigenvalue weighted by molar-refractivity contribution is 7.98. The fraction of sp³-hybridized carbons (Fsp3) is 0.222. The summed E-state index contributed by atoms with van der Waals surface area (Å²) in [5.41, 5.74) is 4.20. The van der Waals surface area contributed by atoms with Crippen molar-refractivity contribution in [2.24, 2.45) is 0 Å². The van der Waals surface area contributed by atoms with Crippen molar-refractivity contribution in [1.82, 2.24) is 14.8 Å². The van der Waals surface area contributed by atoms with Crippen molar-refractivity contribution < 1.29 is 9.90 Å². The molecule has 0 amide bonds. The van der Waals surface area contributed by atoms with Crippen LogP contribution in [-0.2, 0) is 18.7 Å². The van der Waals surface area contributed by atoms with Crippen molar-refractivity contribution in [1.29, 1.82) is 0 Å². The number of carboxylic acid groups (broad SMARTS) is 1. The summed E-state index contributed by atoms with van der Waals surface area (Å²) in [5, 5.41) is 20.1. The van der Waals surface area contributed by atoms with E-state index in [4.69, 9.17) is 11.6 Å². The Labute approximate surface area is 208 Å². The lowest BCUT2D eigenvalue weighted by atomic mass is 9.99. The average molecular weight is 492 g/mol. The van der Waals surface area contributed by atoms with Gasteiger partial charge in [0.05, 0.1) is 12.1 Å². The number of halogens is 1. The molecule has 0 aliphatic heterocycles. The summed E-state index contributed by atoms with van der Waals surface area (Å²) in [6.45, 7) is 2.83. The van der Waals surface area contributed by atoms with Crippen LogP contribution in [-0.4, -0.2) is 25.8 Å². The van der Waals surface area contributed by atoms with Gasteiger partial charge in [0.2, 0.25) is 0 Å². The van der Waals surface area contributed by atoms with Crippen LogP contribution >= 0.6 is 23.4 Å². The summed E-state index contributed by atoms with van der Waals surface area (Å²) in [4.78, 5) is 11.6. The van der Waals surface area contributed by atoms with Crippen LogP contribution in [0.2, 0.25) is 5.02 Å². The Morgan fingerprint density at radius 3 is 2.38 bits per heavy atom. The maximum absolute atomic E-state index is 11.6. The van der Waals surface area contributed by atoms with Gasteiger partial charge in [-0.3, -0.25) is 0 Å². The molecule has 34 heavy (non-hydrogen) atoms. The van der Waals surface area contributed by atoms with Crippen LogP contribution < -0.4 is 0 Å². The standard InChI is InChI=1S/C27H26ClN3O2S/c1-2-3-8-25-29-30-27(34-18-20-11-15-22(28)16-12-20)31(25)17-19-9-13-21(14-10-19)23-6-4-5-7-24(23)26(32)33/h4-7,9-16H,2-3,8,17-18H2,1H3,(H,32,33). The van der Waals surface area contributed by atoms with Gasteiger partial charge < -0.3 is 9.67 Å². The highest BCUT2D eigenvalue weighted by Gasteiger charge is 2.14. The van der Waals surface area contributed by atoms with E-state index in [9.17, 15) is 9.90 Å². The molecule has 0 atom stereocenters. The number of nitrogens with zero attached hydrogens (tertiary/aromatic N) is 3. The number of unbranched alkanes of at least 4 members (excludes halogenated alkanes) is 1. The van der Waals surface area contributed by atoms with E-state index in [-0.39, 0.29) is 0 Å². The molecule has 0 spiro atoms. The maximum atomic E-state index is 11.6. The molecular formula is C27H26ClN3O2S. The number of aromatic nitrogens is 3. The van der Waals surface area contributed by atoms with Gasteiger partial charge >= 0.3 is 5.97 Å². The molecule has 174 valence electrons. The molecule has 0 aliphatic rings. The first-order chi connectivity index (χ1) is 16.5. The molecule has 7 heteroatoms. The predicted molar refractivity (Wildman–Crippen MR) is 138 cm³/mol. The molecule has 1 heterocycles. The molecule has 0 unspecified atom stereocenters. The first kappa shape index (κ1) is 24.0. The molecular weight excluding hydrogens is 466 g/mol. The molecule has 0 saturated heterocycles. The summed E-state index contributed by atoms with van der Waals surface area (Å²) in [7, 11) is 0. The summed E-state index contributed by atoms with van der Waals surface area (Å²) < 4.78 is 2.19. The molecule has 5 nitrogen and oxygen atoms in total. The molecule has 4 rings (SSSR count). The minimum Gasteiger partial charge on any atom is -0.478 e. The highest BCUT2D eigenvalue weighted by atomic mass is 35.5. The number of benzene rings is 3. The van der Waals surface area contributed by atoms with Gasteiger partial charge in [0, 0.05) is 17.2 Å². The van der Waals surface area contributed by atoms with Gasteiger partial charge in [-0.1, -0.05) is 91.3 Å². The number of rotatable bonds is 10. The average Bonchev–Trinajstić information content (AvgIpc) is 3.24. The molecule has 4 aromatic rings. The van der Waals surface area contributed by atoms with Crippen LogP contribution in [0.25, 0.3) is 11.1 Å². The summed E-state index contributed by atoms with van der Waals surface area (Å²) >= 11 is 7.67. The Morgan fingerprint density at radius 1 is 0.971 bits per heavy atom. The second kappa shape index (κ2) is 11.4. The zero-order valence-corrected chi connectivity index (χ0v) is 20.5. The third-order valence-corrected chi connectivity index (χ3v) is 6.88. The molecule has 3 aromatic carbocycles. The Balaban J connectivity index is 1.55. The zero-order valence-electron chi connectivity index (χ0n) is 18.9. The van der Waals surface area contributed by atoms with Gasteiger partial charge in [0.25, 0.3) is 0 Å². The third kappa shape index (κ3) is 5.88. The number of carbonyl (C=O) groups is 1. The van der Waals surface area contributed by atoms with Gasteiger partial charge in [-0.2, -0.15) is 0 Å². The van der Waals surface area contributed by atoms with Gasteiger partial charge in [0.15, 0.2) is 5.16 Å². The van der Waals surface area contributed by atoms with Gasteiger partial charge in [-0.15, -0.1) is 10.2 Å². The van der Waals surface area contributed by atoms with E-state index in [1.54, 1.807) is 23.9 Å². The van der Waals surface area contributed by atoms with Crippen LogP contribution in [0.4, 0.5) is 0 Å². The topological polar surface area (TPSA) is 68.0 Å². The van der Waals surface area contributed by atoms with Crippen molar-refractivity contribution in [2.45, 2.75) is 43.6 Å². The van der Waals surface area contributed by atoms with Crippen molar-refractivity contribution in [3.05, 3.63) is 100 Å². The van der Waals surface area contributed by atoms with E-state index in [1.165, 1.54) is 5.56 Å². The van der Waals surface area contributed by atoms with Crippen LogP contribution in [0, 0.1) is 0 Å². The molecule has 0 aliphatic carbocycles.